The van der Waals surface area contributed by atoms with Crippen molar-refractivity contribution in [3.8, 4) is 5.88 Å². The number of rotatable bonds is 4. The van der Waals surface area contributed by atoms with Gasteiger partial charge in [0.1, 0.15) is 0 Å². The molecule has 0 atom stereocenters. The third kappa shape index (κ3) is 3.26. The first-order valence-electron chi connectivity index (χ1n) is 4.10. The van der Waals surface area contributed by atoms with Gasteiger partial charge in [-0.05, 0) is 15.9 Å². The van der Waals surface area contributed by atoms with Crippen molar-refractivity contribution in [2.75, 3.05) is 25.6 Å². The lowest BCUT2D eigenvalue weighted by molar-refractivity contribution is 0.156. The summed E-state index contributed by atoms with van der Waals surface area (Å²) >= 11 is 3.17. The largest absolute Gasteiger partial charge is 0.480 e. The van der Waals surface area contributed by atoms with Gasteiger partial charge in [-0.25, -0.2) is 13.8 Å². The highest BCUT2D eigenvalue weighted by Gasteiger charge is 2.13. The number of anilines is 1. The summed E-state index contributed by atoms with van der Waals surface area (Å²) in [6.45, 7) is -0.412. The van der Waals surface area contributed by atoms with Crippen molar-refractivity contribution in [3.05, 3.63) is 10.7 Å². The van der Waals surface area contributed by atoms with Crippen molar-refractivity contribution < 1.29 is 13.5 Å². The van der Waals surface area contributed by atoms with Crippen LogP contribution >= 0.6 is 15.9 Å². The van der Waals surface area contributed by atoms with E-state index >= 15 is 0 Å². The van der Waals surface area contributed by atoms with Gasteiger partial charge in [-0.2, -0.15) is 4.98 Å². The zero-order valence-corrected chi connectivity index (χ0v) is 9.83. The molecule has 0 unspecified atom stereocenters. The second-order valence-electron chi connectivity index (χ2n) is 2.80. The minimum atomic E-state index is -2.42. The number of alkyl halides is 2. The van der Waals surface area contributed by atoms with Crippen LogP contribution in [0, 0.1) is 0 Å². The minimum absolute atomic E-state index is 0.204. The predicted molar refractivity (Wildman–Crippen MR) is 55.6 cm³/mol. The highest BCUT2D eigenvalue weighted by atomic mass is 79.9. The van der Waals surface area contributed by atoms with Crippen LogP contribution in [0.4, 0.5) is 14.7 Å². The summed E-state index contributed by atoms with van der Waals surface area (Å²) in [6.07, 6.45) is -0.961. The Hall–Kier alpha value is -0.980. The average Bonchev–Trinajstić information content (AvgIpc) is 2.17. The number of hydrogen-bond donors (Lipinski definition) is 0. The molecule has 15 heavy (non-hydrogen) atoms. The molecule has 0 bridgehead atoms. The SMILES string of the molecule is COc1nc(N(C)CC(F)F)ncc1Br. The molecule has 1 aromatic heterocycles. The van der Waals surface area contributed by atoms with E-state index in [1.165, 1.54) is 25.3 Å². The Morgan fingerprint density at radius 1 is 1.60 bits per heavy atom. The molecule has 0 aliphatic carbocycles. The topological polar surface area (TPSA) is 38.2 Å². The molecule has 1 rings (SSSR count). The minimum Gasteiger partial charge on any atom is -0.480 e. The van der Waals surface area contributed by atoms with E-state index in [2.05, 4.69) is 25.9 Å². The van der Waals surface area contributed by atoms with Gasteiger partial charge in [-0.15, -0.1) is 0 Å². The molecule has 0 spiro atoms. The van der Waals surface area contributed by atoms with Gasteiger partial charge >= 0.3 is 0 Å². The van der Waals surface area contributed by atoms with Crippen LogP contribution in [0.5, 0.6) is 5.88 Å². The number of aromatic nitrogens is 2. The molecule has 4 nitrogen and oxygen atoms in total. The smallest absolute Gasteiger partial charge is 0.255 e. The van der Waals surface area contributed by atoms with Crippen LogP contribution in [0.25, 0.3) is 0 Å². The molecule has 1 aromatic rings. The fourth-order valence-corrected chi connectivity index (χ4v) is 1.31. The maximum atomic E-state index is 12.1. The Bertz CT molecular complexity index is 338. The molecular weight excluding hydrogens is 272 g/mol. The number of nitrogens with zero attached hydrogens (tertiary/aromatic N) is 3. The molecule has 0 N–H and O–H groups in total. The fourth-order valence-electron chi connectivity index (χ4n) is 0.958. The van der Waals surface area contributed by atoms with Gasteiger partial charge in [0.15, 0.2) is 0 Å². The Morgan fingerprint density at radius 2 is 2.27 bits per heavy atom. The van der Waals surface area contributed by atoms with Crippen molar-refractivity contribution in [2.45, 2.75) is 6.43 Å². The van der Waals surface area contributed by atoms with E-state index in [1.807, 2.05) is 0 Å². The van der Waals surface area contributed by atoms with Gasteiger partial charge in [0.25, 0.3) is 6.43 Å². The van der Waals surface area contributed by atoms with E-state index in [4.69, 9.17) is 4.74 Å². The van der Waals surface area contributed by atoms with E-state index in [0.717, 1.165) is 0 Å². The Morgan fingerprint density at radius 3 is 2.80 bits per heavy atom. The molecular formula is C8H10BrF2N3O. The third-order valence-corrected chi connectivity index (χ3v) is 2.19. The zero-order valence-electron chi connectivity index (χ0n) is 8.25. The molecule has 1 heterocycles. The second-order valence-corrected chi connectivity index (χ2v) is 3.65. The molecule has 0 fully saturated rings. The van der Waals surface area contributed by atoms with Crippen LogP contribution in [0.15, 0.2) is 10.7 Å². The van der Waals surface area contributed by atoms with E-state index < -0.39 is 13.0 Å². The second kappa shape index (κ2) is 5.20. The average molecular weight is 282 g/mol. The third-order valence-electron chi connectivity index (χ3n) is 1.65. The Kier molecular flexibility index (Phi) is 4.19. The lowest BCUT2D eigenvalue weighted by Crippen LogP contribution is -2.25. The number of methoxy groups -OCH3 is 1. The fraction of sp³-hybridized carbons (Fsp3) is 0.500. The number of hydrogen-bond acceptors (Lipinski definition) is 4. The van der Waals surface area contributed by atoms with Gasteiger partial charge in [-0.3, -0.25) is 0 Å². The normalized spacial score (nSPS) is 10.5. The standard InChI is InChI=1S/C8H10BrF2N3O/c1-14(4-6(10)11)8-12-3-5(9)7(13-8)15-2/h3,6H,4H2,1-2H3. The summed E-state index contributed by atoms with van der Waals surface area (Å²) in [6, 6.07) is 0. The van der Waals surface area contributed by atoms with Crippen LogP contribution in [-0.4, -0.2) is 37.1 Å². The van der Waals surface area contributed by atoms with Crippen LogP contribution in [0.1, 0.15) is 0 Å². The first kappa shape index (κ1) is 12.1. The highest BCUT2D eigenvalue weighted by Crippen LogP contribution is 2.23. The van der Waals surface area contributed by atoms with Gasteiger partial charge in [0, 0.05) is 7.05 Å². The monoisotopic (exact) mass is 281 g/mol. The van der Waals surface area contributed by atoms with Crippen molar-refractivity contribution in [1.82, 2.24) is 9.97 Å². The van der Waals surface area contributed by atoms with E-state index in [-0.39, 0.29) is 5.95 Å². The molecule has 0 aliphatic heterocycles. The van der Waals surface area contributed by atoms with Gasteiger partial charge < -0.3 is 9.64 Å². The first-order valence-corrected chi connectivity index (χ1v) is 4.89. The number of halogens is 3. The molecule has 0 radical (unpaired) electrons. The van der Waals surface area contributed by atoms with Crippen LogP contribution in [0.3, 0.4) is 0 Å². The summed E-state index contributed by atoms with van der Waals surface area (Å²) in [5.41, 5.74) is 0. The van der Waals surface area contributed by atoms with Crippen molar-refractivity contribution in [3.63, 3.8) is 0 Å². The molecule has 7 heteroatoms. The van der Waals surface area contributed by atoms with E-state index in [9.17, 15) is 8.78 Å². The van der Waals surface area contributed by atoms with Gasteiger partial charge in [-0.1, -0.05) is 0 Å². The summed E-state index contributed by atoms with van der Waals surface area (Å²) in [7, 11) is 2.94. The Balaban J connectivity index is 2.85. The molecule has 84 valence electrons. The zero-order chi connectivity index (χ0) is 11.4. The lowest BCUT2D eigenvalue weighted by atomic mass is 10.5. The van der Waals surface area contributed by atoms with Crippen LogP contribution < -0.4 is 9.64 Å². The van der Waals surface area contributed by atoms with Crippen LogP contribution in [0.2, 0.25) is 0 Å². The lowest BCUT2D eigenvalue weighted by Gasteiger charge is -2.16. The van der Waals surface area contributed by atoms with Crippen LogP contribution in [-0.2, 0) is 0 Å². The summed E-state index contributed by atoms with van der Waals surface area (Å²) in [5.74, 6) is 0.525. The molecule has 0 saturated heterocycles. The maximum Gasteiger partial charge on any atom is 0.255 e. The molecule has 0 aromatic carbocycles. The highest BCUT2D eigenvalue weighted by molar-refractivity contribution is 9.10. The van der Waals surface area contributed by atoms with Crippen molar-refractivity contribution in [1.29, 1.82) is 0 Å². The van der Waals surface area contributed by atoms with Crippen molar-refractivity contribution >= 4 is 21.9 Å². The van der Waals surface area contributed by atoms with Gasteiger partial charge in [0.2, 0.25) is 11.8 Å². The van der Waals surface area contributed by atoms with E-state index in [1.54, 1.807) is 0 Å². The number of ether oxygens (including phenoxy) is 1. The summed E-state index contributed by atoms with van der Waals surface area (Å²) in [5, 5.41) is 0. The maximum absolute atomic E-state index is 12.1. The summed E-state index contributed by atoms with van der Waals surface area (Å²) in [4.78, 5) is 9.11. The molecule has 0 amide bonds. The van der Waals surface area contributed by atoms with Crippen molar-refractivity contribution in [2.24, 2.45) is 0 Å². The van der Waals surface area contributed by atoms with Gasteiger partial charge in [0.05, 0.1) is 24.3 Å². The van der Waals surface area contributed by atoms with E-state index in [0.29, 0.717) is 10.4 Å². The summed E-state index contributed by atoms with van der Waals surface area (Å²) < 4.78 is 29.7. The first-order chi connectivity index (χ1) is 7.04. The molecule has 0 saturated carbocycles. The Labute approximate surface area is 94.4 Å². The predicted octanol–water partition coefficient (Wildman–Crippen LogP) is 1.95. The quantitative estimate of drug-likeness (QED) is 0.846. The molecule has 0 aliphatic rings.